The first-order chi connectivity index (χ1) is 10.6. The third-order valence-electron chi connectivity index (χ3n) is 3.16. The molecule has 7 heteroatoms. The third-order valence-corrected chi connectivity index (χ3v) is 3.74. The lowest BCUT2D eigenvalue weighted by atomic mass is 10.1. The highest BCUT2D eigenvalue weighted by Gasteiger charge is 2.08. The predicted octanol–water partition coefficient (Wildman–Crippen LogP) is 2.18. The molecule has 5 nitrogen and oxygen atoms in total. The molecule has 0 saturated heterocycles. The van der Waals surface area contributed by atoms with E-state index in [1.807, 2.05) is 0 Å². The van der Waals surface area contributed by atoms with Gasteiger partial charge in [0, 0.05) is 5.56 Å². The highest BCUT2D eigenvalue weighted by molar-refractivity contribution is 7.71. The van der Waals surface area contributed by atoms with Crippen LogP contribution in [0.4, 0.5) is 4.39 Å². The van der Waals surface area contributed by atoms with Crippen LogP contribution in [0.25, 0.3) is 16.9 Å². The van der Waals surface area contributed by atoms with Crippen molar-refractivity contribution >= 4 is 10.7 Å². The molecule has 0 aliphatic rings. The Morgan fingerprint density at radius 3 is 2.45 bits per heavy atom. The van der Waals surface area contributed by atoms with E-state index in [2.05, 4.69) is 9.97 Å². The van der Waals surface area contributed by atoms with Crippen LogP contribution >= 0.6 is 0 Å². The molecular formula is C15H12FN3O2S. The average molecular weight is 317 g/mol. The van der Waals surface area contributed by atoms with Crippen molar-refractivity contribution in [1.82, 2.24) is 14.5 Å². The molecule has 0 atom stereocenters. The Hall–Kier alpha value is -2.54. The monoisotopic (exact) mass is 317 g/mol. The van der Waals surface area contributed by atoms with Crippen LogP contribution in [-0.4, -0.2) is 23.0 Å². The van der Waals surface area contributed by atoms with E-state index >= 15 is 0 Å². The molecule has 0 aliphatic carbocycles. The number of hydrogen-bond donors (Lipinski definition) is 1. The minimum Gasteiger partial charge on any atom is -0.297 e. The van der Waals surface area contributed by atoms with Gasteiger partial charge in [-0.05, 0) is 36.4 Å². The van der Waals surface area contributed by atoms with Gasteiger partial charge in [-0.25, -0.2) is 17.8 Å². The van der Waals surface area contributed by atoms with E-state index in [0.29, 0.717) is 5.69 Å². The Labute approximate surface area is 128 Å². The molecule has 0 saturated carbocycles. The minimum absolute atomic E-state index is 0.0790. The van der Waals surface area contributed by atoms with Crippen molar-refractivity contribution in [3.05, 3.63) is 66.6 Å². The topological polar surface area (TPSA) is 64.8 Å². The molecule has 0 fully saturated rings. The van der Waals surface area contributed by atoms with Crippen molar-refractivity contribution < 1.29 is 12.8 Å². The fourth-order valence-corrected chi connectivity index (χ4v) is 2.57. The van der Waals surface area contributed by atoms with Crippen molar-refractivity contribution in [2.45, 2.75) is 5.75 Å². The van der Waals surface area contributed by atoms with E-state index in [4.69, 9.17) is 0 Å². The van der Waals surface area contributed by atoms with Gasteiger partial charge in [0.15, 0.2) is 0 Å². The molecule has 0 amide bonds. The summed E-state index contributed by atoms with van der Waals surface area (Å²) in [5.41, 5.74) is 2.86. The second kappa shape index (κ2) is 6.07. The average Bonchev–Trinajstić information content (AvgIpc) is 2.97. The first-order valence-electron chi connectivity index (χ1n) is 6.49. The second-order valence-corrected chi connectivity index (χ2v) is 5.64. The molecule has 0 unspecified atom stereocenters. The Bertz CT molecular complexity index is 847. The molecule has 3 aromatic rings. The van der Waals surface area contributed by atoms with Gasteiger partial charge in [0.25, 0.3) is 0 Å². The van der Waals surface area contributed by atoms with E-state index in [1.165, 1.54) is 12.1 Å². The summed E-state index contributed by atoms with van der Waals surface area (Å²) in [4.78, 5) is 8.24. The van der Waals surface area contributed by atoms with Crippen molar-refractivity contribution in [3.63, 3.8) is 0 Å². The molecule has 2 heterocycles. The first kappa shape index (κ1) is 14.4. The number of pyridine rings is 1. The SMILES string of the molecule is O=[SH](=O)Cc1ccc(-n2cncc2-c2ccc(F)cc2)cn1. The number of benzene rings is 1. The summed E-state index contributed by atoms with van der Waals surface area (Å²) in [6, 6.07) is 9.56. The molecule has 112 valence electrons. The van der Waals surface area contributed by atoms with Crippen molar-refractivity contribution in [3.8, 4) is 16.9 Å². The smallest absolute Gasteiger partial charge is 0.145 e. The number of hydrogen-bond acceptors (Lipinski definition) is 4. The zero-order valence-electron chi connectivity index (χ0n) is 11.4. The number of halogens is 1. The number of thiol groups is 1. The van der Waals surface area contributed by atoms with Gasteiger partial charge in [-0.1, -0.05) is 0 Å². The zero-order valence-corrected chi connectivity index (χ0v) is 12.3. The van der Waals surface area contributed by atoms with E-state index in [1.54, 1.807) is 47.6 Å². The summed E-state index contributed by atoms with van der Waals surface area (Å²) >= 11 is 0. The minimum atomic E-state index is -2.49. The second-order valence-electron chi connectivity index (χ2n) is 4.65. The van der Waals surface area contributed by atoms with Gasteiger partial charge in [-0.15, -0.1) is 0 Å². The van der Waals surface area contributed by atoms with Crippen LogP contribution < -0.4 is 0 Å². The highest BCUT2D eigenvalue weighted by Crippen LogP contribution is 2.22. The molecule has 22 heavy (non-hydrogen) atoms. The number of imidazole rings is 1. The van der Waals surface area contributed by atoms with Gasteiger partial charge in [0.2, 0.25) is 0 Å². The molecule has 0 bridgehead atoms. The Balaban J connectivity index is 1.96. The number of aromatic nitrogens is 3. The maximum absolute atomic E-state index is 13.0. The van der Waals surface area contributed by atoms with Crippen molar-refractivity contribution in [2.24, 2.45) is 0 Å². The molecular weight excluding hydrogens is 305 g/mol. The van der Waals surface area contributed by atoms with Gasteiger partial charge in [-0.3, -0.25) is 9.55 Å². The summed E-state index contributed by atoms with van der Waals surface area (Å²) in [6.45, 7) is 0. The Morgan fingerprint density at radius 2 is 1.82 bits per heavy atom. The molecule has 2 aromatic heterocycles. The fraction of sp³-hybridized carbons (Fsp3) is 0.0667. The van der Waals surface area contributed by atoms with Gasteiger partial charge in [0.1, 0.15) is 16.5 Å². The van der Waals surface area contributed by atoms with Crippen LogP contribution in [0.3, 0.4) is 0 Å². The van der Waals surface area contributed by atoms with E-state index in [-0.39, 0.29) is 11.6 Å². The maximum atomic E-state index is 13.0. The fourth-order valence-electron chi connectivity index (χ4n) is 2.12. The molecule has 0 N–H and O–H groups in total. The Kier molecular flexibility index (Phi) is 3.97. The van der Waals surface area contributed by atoms with E-state index < -0.39 is 10.7 Å². The van der Waals surface area contributed by atoms with Gasteiger partial charge >= 0.3 is 0 Å². The number of rotatable bonds is 4. The summed E-state index contributed by atoms with van der Waals surface area (Å²) in [5, 5.41) is 0. The lowest BCUT2D eigenvalue weighted by Gasteiger charge is -2.08. The van der Waals surface area contributed by atoms with E-state index in [9.17, 15) is 12.8 Å². The summed E-state index contributed by atoms with van der Waals surface area (Å²) in [5.74, 6) is -0.378. The normalized spacial score (nSPS) is 11.0. The quantitative estimate of drug-likeness (QED) is 0.749. The number of nitrogens with zero attached hydrogens (tertiary/aromatic N) is 3. The van der Waals surface area contributed by atoms with Crippen LogP contribution in [0.15, 0.2) is 55.1 Å². The summed E-state index contributed by atoms with van der Waals surface area (Å²) in [7, 11) is -2.49. The largest absolute Gasteiger partial charge is 0.297 e. The third kappa shape index (κ3) is 3.04. The van der Waals surface area contributed by atoms with Crippen molar-refractivity contribution in [2.75, 3.05) is 0 Å². The molecule has 0 aliphatic heterocycles. The van der Waals surface area contributed by atoms with Crippen LogP contribution in [0.1, 0.15) is 5.69 Å². The van der Waals surface area contributed by atoms with Gasteiger partial charge in [0.05, 0.1) is 41.5 Å². The van der Waals surface area contributed by atoms with Gasteiger partial charge < -0.3 is 0 Å². The predicted molar refractivity (Wildman–Crippen MR) is 80.8 cm³/mol. The standard InChI is InChI=1S/C15H12FN3O2S/c16-12-3-1-11(2-4-12)15-8-17-10-19(15)14-6-5-13(18-7-14)9-22(20)21/h1-8,10,22H,9H2. The summed E-state index contributed by atoms with van der Waals surface area (Å²) < 4.78 is 36.2. The van der Waals surface area contributed by atoms with Crippen LogP contribution in [0.2, 0.25) is 0 Å². The van der Waals surface area contributed by atoms with E-state index in [0.717, 1.165) is 16.9 Å². The molecule has 0 radical (unpaired) electrons. The van der Waals surface area contributed by atoms with Crippen LogP contribution in [0, 0.1) is 5.82 Å². The molecule has 1 aromatic carbocycles. The lowest BCUT2D eigenvalue weighted by Crippen LogP contribution is -1.98. The van der Waals surface area contributed by atoms with Gasteiger partial charge in [-0.2, -0.15) is 0 Å². The Morgan fingerprint density at radius 1 is 1.05 bits per heavy atom. The molecule has 3 rings (SSSR count). The van der Waals surface area contributed by atoms with Crippen LogP contribution in [-0.2, 0) is 16.5 Å². The first-order valence-corrected chi connectivity index (χ1v) is 7.85. The highest BCUT2D eigenvalue weighted by atomic mass is 32.2. The van der Waals surface area contributed by atoms with Crippen LogP contribution in [0.5, 0.6) is 0 Å². The lowest BCUT2D eigenvalue weighted by molar-refractivity contribution is 0.613. The zero-order chi connectivity index (χ0) is 15.5. The molecule has 0 spiro atoms. The summed E-state index contributed by atoms with van der Waals surface area (Å²) in [6.07, 6.45) is 4.89. The maximum Gasteiger partial charge on any atom is 0.145 e. The van der Waals surface area contributed by atoms with Crippen molar-refractivity contribution in [1.29, 1.82) is 0 Å².